The Balaban J connectivity index is 2.02. The first-order valence-electron chi connectivity index (χ1n) is 5.29. The Kier molecular flexibility index (Phi) is 2.83. The summed E-state index contributed by atoms with van der Waals surface area (Å²) in [4.78, 5) is 0. The molecule has 3 atom stereocenters. The monoisotopic (exact) mass is 211 g/mol. The Bertz CT molecular complexity index is 310. The molecule has 4 heteroatoms. The molecule has 0 radical (unpaired) electrons. The van der Waals surface area contributed by atoms with Gasteiger partial charge in [-0.3, -0.25) is 0 Å². The summed E-state index contributed by atoms with van der Waals surface area (Å²) in [5.41, 5.74) is 0. The quantitative estimate of drug-likeness (QED) is 0.830. The van der Waals surface area contributed by atoms with Gasteiger partial charge in [0.05, 0.1) is 6.04 Å². The third-order valence-electron chi connectivity index (χ3n) is 2.76. The van der Waals surface area contributed by atoms with Crippen molar-refractivity contribution in [3.63, 3.8) is 0 Å². The van der Waals surface area contributed by atoms with Crippen molar-refractivity contribution in [3.8, 4) is 0 Å². The molecule has 1 aliphatic rings. The highest BCUT2D eigenvalue weighted by Crippen LogP contribution is 2.47. The van der Waals surface area contributed by atoms with E-state index in [0.717, 1.165) is 17.5 Å². The molecule has 78 valence electrons. The van der Waals surface area contributed by atoms with Gasteiger partial charge in [0.1, 0.15) is 10.0 Å². The standard InChI is InChI=1S/C10H17N3S/c1-4-11-7(3)9-12-13-10(14-9)8-5-6(8)2/h6-8,11H,4-5H2,1-3H3. The van der Waals surface area contributed by atoms with E-state index in [2.05, 4.69) is 36.3 Å². The second-order valence-corrected chi connectivity index (χ2v) is 5.12. The average molecular weight is 211 g/mol. The Morgan fingerprint density at radius 2 is 2.29 bits per heavy atom. The first kappa shape index (κ1) is 10.1. The van der Waals surface area contributed by atoms with Gasteiger partial charge in [-0.25, -0.2) is 0 Å². The fourth-order valence-electron chi connectivity index (χ4n) is 1.63. The molecular weight excluding hydrogens is 194 g/mol. The van der Waals surface area contributed by atoms with Gasteiger partial charge in [-0.05, 0) is 25.8 Å². The molecular formula is C10H17N3S. The van der Waals surface area contributed by atoms with Crippen molar-refractivity contribution in [1.29, 1.82) is 0 Å². The Morgan fingerprint density at radius 1 is 1.57 bits per heavy atom. The van der Waals surface area contributed by atoms with Gasteiger partial charge >= 0.3 is 0 Å². The SMILES string of the molecule is CCNC(C)c1nnc(C2CC2C)s1. The molecule has 14 heavy (non-hydrogen) atoms. The maximum Gasteiger partial charge on any atom is 0.134 e. The van der Waals surface area contributed by atoms with E-state index < -0.39 is 0 Å². The lowest BCUT2D eigenvalue weighted by Crippen LogP contribution is -2.17. The van der Waals surface area contributed by atoms with Gasteiger partial charge in [-0.1, -0.05) is 25.2 Å². The normalized spacial score (nSPS) is 27.6. The fraction of sp³-hybridized carbons (Fsp3) is 0.800. The zero-order valence-electron chi connectivity index (χ0n) is 8.95. The molecule has 3 nitrogen and oxygen atoms in total. The summed E-state index contributed by atoms with van der Waals surface area (Å²) in [7, 11) is 0. The molecule has 0 bridgehead atoms. The van der Waals surface area contributed by atoms with E-state index in [1.54, 1.807) is 11.3 Å². The molecule has 1 heterocycles. The van der Waals surface area contributed by atoms with E-state index in [4.69, 9.17) is 0 Å². The summed E-state index contributed by atoms with van der Waals surface area (Å²) >= 11 is 1.77. The van der Waals surface area contributed by atoms with Crippen molar-refractivity contribution in [2.45, 2.75) is 39.2 Å². The van der Waals surface area contributed by atoms with Crippen molar-refractivity contribution >= 4 is 11.3 Å². The van der Waals surface area contributed by atoms with Gasteiger partial charge in [0, 0.05) is 5.92 Å². The molecule has 2 rings (SSSR count). The first-order chi connectivity index (χ1) is 6.72. The minimum absolute atomic E-state index is 0.348. The predicted octanol–water partition coefficient (Wildman–Crippen LogP) is 2.33. The summed E-state index contributed by atoms with van der Waals surface area (Å²) in [5, 5.41) is 14.2. The van der Waals surface area contributed by atoms with E-state index in [1.807, 2.05) is 0 Å². The third-order valence-corrected chi connectivity index (χ3v) is 4.00. The van der Waals surface area contributed by atoms with Crippen molar-refractivity contribution in [1.82, 2.24) is 15.5 Å². The molecule has 1 saturated carbocycles. The predicted molar refractivity (Wildman–Crippen MR) is 58.5 cm³/mol. The van der Waals surface area contributed by atoms with Gasteiger partial charge in [0.15, 0.2) is 0 Å². The van der Waals surface area contributed by atoms with Crippen molar-refractivity contribution in [3.05, 3.63) is 10.0 Å². The molecule has 0 aliphatic heterocycles. The summed E-state index contributed by atoms with van der Waals surface area (Å²) in [6.07, 6.45) is 1.30. The molecule has 1 aromatic rings. The Labute approximate surface area is 88.9 Å². The Morgan fingerprint density at radius 3 is 2.86 bits per heavy atom. The van der Waals surface area contributed by atoms with Crippen LogP contribution >= 0.6 is 11.3 Å². The second-order valence-electron chi connectivity index (χ2n) is 4.08. The van der Waals surface area contributed by atoms with Crippen LogP contribution in [0.15, 0.2) is 0 Å². The zero-order valence-corrected chi connectivity index (χ0v) is 9.77. The maximum absolute atomic E-state index is 4.26. The van der Waals surface area contributed by atoms with Crippen LogP contribution in [0.2, 0.25) is 0 Å². The van der Waals surface area contributed by atoms with Gasteiger partial charge in [0.25, 0.3) is 0 Å². The molecule has 0 saturated heterocycles. The van der Waals surface area contributed by atoms with E-state index in [-0.39, 0.29) is 0 Å². The van der Waals surface area contributed by atoms with Crippen molar-refractivity contribution in [2.24, 2.45) is 5.92 Å². The van der Waals surface area contributed by atoms with E-state index >= 15 is 0 Å². The molecule has 3 unspecified atom stereocenters. The van der Waals surface area contributed by atoms with E-state index in [9.17, 15) is 0 Å². The minimum Gasteiger partial charge on any atom is -0.308 e. The molecule has 0 amide bonds. The van der Waals surface area contributed by atoms with Gasteiger partial charge in [-0.2, -0.15) is 0 Å². The smallest absolute Gasteiger partial charge is 0.134 e. The number of aromatic nitrogens is 2. The highest BCUT2D eigenvalue weighted by atomic mass is 32.1. The topological polar surface area (TPSA) is 37.8 Å². The zero-order chi connectivity index (χ0) is 10.1. The van der Waals surface area contributed by atoms with Gasteiger partial charge in [0.2, 0.25) is 0 Å². The third kappa shape index (κ3) is 1.96. The molecule has 1 fully saturated rings. The maximum atomic E-state index is 4.26. The van der Waals surface area contributed by atoms with E-state index in [1.165, 1.54) is 11.4 Å². The summed E-state index contributed by atoms with van der Waals surface area (Å²) in [6, 6.07) is 0.348. The first-order valence-corrected chi connectivity index (χ1v) is 6.10. The Hall–Kier alpha value is -0.480. The fourth-order valence-corrected chi connectivity index (χ4v) is 2.75. The van der Waals surface area contributed by atoms with E-state index in [0.29, 0.717) is 12.0 Å². The number of nitrogens with one attached hydrogen (secondary N) is 1. The molecule has 1 aliphatic carbocycles. The van der Waals surface area contributed by atoms with Crippen LogP contribution in [0.25, 0.3) is 0 Å². The molecule has 1 N–H and O–H groups in total. The largest absolute Gasteiger partial charge is 0.308 e. The van der Waals surface area contributed by atoms with Crippen LogP contribution in [0, 0.1) is 5.92 Å². The summed E-state index contributed by atoms with van der Waals surface area (Å²) in [6.45, 7) is 7.51. The van der Waals surface area contributed by atoms with Crippen molar-refractivity contribution in [2.75, 3.05) is 6.54 Å². The van der Waals surface area contributed by atoms with Crippen LogP contribution in [0.3, 0.4) is 0 Å². The lowest BCUT2D eigenvalue weighted by atomic mass is 10.3. The summed E-state index contributed by atoms with van der Waals surface area (Å²) in [5.74, 6) is 1.53. The van der Waals surface area contributed by atoms with Crippen LogP contribution in [0.1, 0.15) is 49.2 Å². The van der Waals surface area contributed by atoms with Crippen LogP contribution in [0.4, 0.5) is 0 Å². The molecule has 0 aromatic carbocycles. The van der Waals surface area contributed by atoms with Crippen LogP contribution in [0.5, 0.6) is 0 Å². The minimum atomic E-state index is 0.348. The molecule has 1 aromatic heterocycles. The lowest BCUT2D eigenvalue weighted by molar-refractivity contribution is 0.589. The van der Waals surface area contributed by atoms with Crippen molar-refractivity contribution < 1.29 is 0 Å². The molecule has 0 spiro atoms. The average Bonchev–Trinajstić information content (AvgIpc) is 2.70. The second kappa shape index (κ2) is 3.95. The van der Waals surface area contributed by atoms with Crippen LogP contribution < -0.4 is 5.32 Å². The highest BCUT2D eigenvalue weighted by molar-refractivity contribution is 7.11. The number of hydrogen-bond donors (Lipinski definition) is 1. The number of nitrogens with zero attached hydrogens (tertiary/aromatic N) is 2. The van der Waals surface area contributed by atoms with Crippen LogP contribution in [-0.4, -0.2) is 16.7 Å². The highest BCUT2D eigenvalue weighted by Gasteiger charge is 2.37. The van der Waals surface area contributed by atoms with Crippen LogP contribution in [-0.2, 0) is 0 Å². The number of hydrogen-bond acceptors (Lipinski definition) is 4. The lowest BCUT2D eigenvalue weighted by Gasteiger charge is -2.06. The summed E-state index contributed by atoms with van der Waals surface area (Å²) < 4.78 is 0. The number of rotatable bonds is 4. The van der Waals surface area contributed by atoms with Gasteiger partial charge < -0.3 is 5.32 Å². The van der Waals surface area contributed by atoms with Gasteiger partial charge in [-0.15, -0.1) is 10.2 Å².